The smallest absolute Gasteiger partial charge is 0.377 e. The minimum absolute atomic E-state index is 0.158. The summed E-state index contributed by atoms with van der Waals surface area (Å²) in [6, 6.07) is 6.83. The molecule has 1 amide bonds. The van der Waals surface area contributed by atoms with Gasteiger partial charge in [-0.1, -0.05) is 0 Å². The Morgan fingerprint density at radius 1 is 1.15 bits per heavy atom. The second-order valence-corrected chi connectivity index (χ2v) is 8.70. The van der Waals surface area contributed by atoms with Crippen molar-refractivity contribution in [2.24, 2.45) is 0 Å². The largest absolute Gasteiger partial charge is 0.417 e. The van der Waals surface area contributed by atoms with Gasteiger partial charge in [-0.2, -0.15) is 13.2 Å². The lowest BCUT2D eigenvalue weighted by molar-refractivity contribution is -0.384. The second kappa shape index (κ2) is 8.26. The lowest BCUT2D eigenvalue weighted by Gasteiger charge is -2.32. The van der Waals surface area contributed by atoms with Crippen molar-refractivity contribution in [3.63, 3.8) is 0 Å². The molecular weight excluding hydrogens is 453 g/mol. The molecule has 2 fully saturated rings. The number of piperidine rings is 1. The number of pyridine rings is 1. The van der Waals surface area contributed by atoms with Crippen molar-refractivity contribution >= 4 is 22.9 Å². The first-order valence-corrected chi connectivity index (χ1v) is 11.0. The normalized spacial score (nSPS) is 18.8. The van der Waals surface area contributed by atoms with Crippen LogP contribution in [0.25, 0.3) is 5.65 Å². The van der Waals surface area contributed by atoms with Crippen LogP contribution in [0.5, 0.6) is 0 Å². The molecule has 12 heteroatoms. The quantitative estimate of drug-likeness (QED) is 0.438. The number of nitrogens with zero attached hydrogens (tertiary/aromatic N) is 5. The first-order valence-electron chi connectivity index (χ1n) is 11.0. The van der Waals surface area contributed by atoms with E-state index in [-0.39, 0.29) is 35.7 Å². The number of halogens is 3. The van der Waals surface area contributed by atoms with Gasteiger partial charge in [0.05, 0.1) is 10.5 Å². The van der Waals surface area contributed by atoms with Crippen LogP contribution in [-0.2, 0) is 6.18 Å². The van der Waals surface area contributed by atoms with Crippen LogP contribution in [0.3, 0.4) is 0 Å². The van der Waals surface area contributed by atoms with E-state index in [2.05, 4.69) is 15.5 Å². The number of aromatic nitrogens is 3. The number of amides is 1. The zero-order chi connectivity index (χ0) is 24.0. The maximum absolute atomic E-state index is 13.2. The number of nitro benzene ring substituents is 1. The fraction of sp³-hybridized carbons (Fsp3) is 0.409. The highest BCUT2D eigenvalue weighted by Gasteiger charge is 2.33. The Labute approximate surface area is 191 Å². The van der Waals surface area contributed by atoms with Crippen LogP contribution in [-0.4, -0.2) is 49.5 Å². The number of carbonyl (C=O) groups is 1. The van der Waals surface area contributed by atoms with Crippen molar-refractivity contribution in [1.29, 1.82) is 0 Å². The number of fused-ring (bicyclic) bond motifs is 1. The van der Waals surface area contributed by atoms with E-state index in [9.17, 15) is 28.1 Å². The molecule has 178 valence electrons. The number of rotatable bonds is 5. The second-order valence-electron chi connectivity index (χ2n) is 8.70. The summed E-state index contributed by atoms with van der Waals surface area (Å²) in [6.45, 7) is 0.668. The topological polar surface area (TPSA) is 106 Å². The first-order chi connectivity index (χ1) is 16.2. The molecule has 1 N–H and O–H groups in total. The average Bonchev–Trinajstić information content (AvgIpc) is 3.53. The molecule has 5 rings (SSSR count). The molecule has 1 atom stereocenters. The third-order valence-corrected chi connectivity index (χ3v) is 6.21. The summed E-state index contributed by atoms with van der Waals surface area (Å²) in [4.78, 5) is 25.8. The zero-order valence-corrected chi connectivity index (χ0v) is 18.0. The Hall–Kier alpha value is -3.70. The highest BCUT2D eigenvalue weighted by molar-refractivity contribution is 5.96. The molecule has 3 aromatic rings. The molecule has 9 nitrogen and oxygen atoms in total. The minimum Gasteiger partial charge on any atom is -0.377 e. The molecule has 1 unspecified atom stereocenters. The number of anilines is 1. The molecule has 1 saturated heterocycles. The third kappa shape index (κ3) is 4.27. The lowest BCUT2D eigenvalue weighted by atomic mass is 9.96. The van der Waals surface area contributed by atoms with Crippen LogP contribution in [0.15, 0.2) is 36.5 Å². The fourth-order valence-corrected chi connectivity index (χ4v) is 4.29. The van der Waals surface area contributed by atoms with Gasteiger partial charge in [0.15, 0.2) is 5.65 Å². The Balaban J connectivity index is 1.39. The molecule has 2 aliphatic rings. The number of alkyl halides is 3. The van der Waals surface area contributed by atoms with Crippen LogP contribution in [0, 0.1) is 10.1 Å². The Morgan fingerprint density at radius 2 is 1.94 bits per heavy atom. The van der Waals surface area contributed by atoms with Crippen LogP contribution < -0.4 is 5.32 Å². The average molecular weight is 474 g/mol. The molecule has 0 spiro atoms. The monoisotopic (exact) mass is 474 g/mol. The van der Waals surface area contributed by atoms with E-state index in [1.165, 1.54) is 16.5 Å². The highest BCUT2D eigenvalue weighted by atomic mass is 19.4. The standard InChI is InChI=1S/C22H21F3N6O3/c23-22(24,25)15-4-8-19-27-28-20(30(19)12-15)14-2-1-9-29(11-14)21(32)13-3-7-17(26-16-5-6-16)18(10-13)31(33)34/h3-4,7-8,10,12,14,16,26H,1-2,5-6,9,11H2. The van der Waals surface area contributed by atoms with E-state index in [0.29, 0.717) is 36.5 Å². The molecule has 1 saturated carbocycles. The van der Waals surface area contributed by atoms with Crippen molar-refractivity contribution in [3.05, 3.63) is 63.6 Å². The van der Waals surface area contributed by atoms with Gasteiger partial charge in [0, 0.05) is 42.9 Å². The summed E-state index contributed by atoms with van der Waals surface area (Å²) in [5, 5.41) is 22.7. The number of hydrogen-bond donors (Lipinski definition) is 1. The highest BCUT2D eigenvalue weighted by Crippen LogP contribution is 2.34. The van der Waals surface area contributed by atoms with Gasteiger partial charge in [0.1, 0.15) is 11.5 Å². The Bertz CT molecular complexity index is 1270. The van der Waals surface area contributed by atoms with E-state index < -0.39 is 16.7 Å². The predicted octanol–water partition coefficient (Wildman–Crippen LogP) is 4.25. The molecular formula is C22H21F3N6O3. The number of hydrogen-bond acceptors (Lipinski definition) is 6. The van der Waals surface area contributed by atoms with E-state index >= 15 is 0 Å². The van der Waals surface area contributed by atoms with Gasteiger partial charge in [-0.3, -0.25) is 19.3 Å². The van der Waals surface area contributed by atoms with Crippen molar-refractivity contribution in [2.45, 2.75) is 43.8 Å². The Morgan fingerprint density at radius 3 is 2.65 bits per heavy atom. The first kappa shape index (κ1) is 22.1. The van der Waals surface area contributed by atoms with E-state index in [0.717, 1.165) is 25.1 Å². The number of nitro groups is 1. The van der Waals surface area contributed by atoms with Gasteiger partial charge in [-0.25, -0.2) is 0 Å². The molecule has 1 aliphatic heterocycles. The maximum atomic E-state index is 13.2. The number of benzene rings is 1. The van der Waals surface area contributed by atoms with Crippen LogP contribution in [0.2, 0.25) is 0 Å². The SMILES string of the molecule is O=C(c1ccc(NC2CC2)c([N+](=O)[O-])c1)N1CCCC(c2nnc3ccc(C(F)(F)F)cn23)C1. The fourth-order valence-electron chi connectivity index (χ4n) is 4.29. The summed E-state index contributed by atoms with van der Waals surface area (Å²) in [6.07, 6.45) is -0.373. The molecule has 0 radical (unpaired) electrons. The zero-order valence-electron chi connectivity index (χ0n) is 18.0. The molecule has 34 heavy (non-hydrogen) atoms. The lowest BCUT2D eigenvalue weighted by Crippen LogP contribution is -2.39. The van der Waals surface area contributed by atoms with Crippen molar-refractivity contribution in [3.8, 4) is 0 Å². The van der Waals surface area contributed by atoms with Gasteiger partial charge < -0.3 is 10.2 Å². The molecule has 0 bridgehead atoms. The minimum atomic E-state index is -4.50. The summed E-state index contributed by atoms with van der Waals surface area (Å²) < 4.78 is 40.9. The van der Waals surface area contributed by atoms with Gasteiger partial charge in [-0.05, 0) is 49.9 Å². The maximum Gasteiger partial charge on any atom is 0.417 e. The number of carbonyl (C=O) groups excluding carboxylic acids is 1. The third-order valence-electron chi connectivity index (χ3n) is 6.21. The predicted molar refractivity (Wildman–Crippen MR) is 116 cm³/mol. The summed E-state index contributed by atoms with van der Waals surface area (Å²) in [5.41, 5.74) is -0.0950. The van der Waals surface area contributed by atoms with Crippen LogP contribution in [0.1, 0.15) is 53.3 Å². The van der Waals surface area contributed by atoms with Crippen molar-refractivity contribution in [2.75, 3.05) is 18.4 Å². The Kier molecular flexibility index (Phi) is 5.37. The number of nitrogens with one attached hydrogen (secondary N) is 1. The van der Waals surface area contributed by atoms with Crippen molar-refractivity contribution in [1.82, 2.24) is 19.5 Å². The van der Waals surface area contributed by atoms with Crippen LogP contribution in [0.4, 0.5) is 24.5 Å². The van der Waals surface area contributed by atoms with Gasteiger partial charge >= 0.3 is 6.18 Å². The number of likely N-dealkylation sites (tertiary alicyclic amines) is 1. The molecule has 2 aromatic heterocycles. The van der Waals surface area contributed by atoms with Crippen LogP contribution >= 0.6 is 0 Å². The summed E-state index contributed by atoms with van der Waals surface area (Å²) in [7, 11) is 0. The molecule has 1 aliphatic carbocycles. The van der Waals surface area contributed by atoms with Gasteiger partial charge in [0.25, 0.3) is 11.6 Å². The summed E-state index contributed by atoms with van der Waals surface area (Å²) >= 11 is 0. The molecule has 1 aromatic carbocycles. The van der Waals surface area contributed by atoms with Gasteiger partial charge in [0.2, 0.25) is 0 Å². The van der Waals surface area contributed by atoms with Gasteiger partial charge in [-0.15, -0.1) is 10.2 Å². The van der Waals surface area contributed by atoms with E-state index in [1.54, 1.807) is 17.0 Å². The van der Waals surface area contributed by atoms with E-state index in [4.69, 9.17) is 0 Å². The summed E-state index contributed by atoms with van der Waals surface area (Å²) in [5.74, 6) is -0.328. The molecule has 3 heterocycles. The van der Waals surface area contributed by atoms with E-state index in [1.807, 2.05) is 0 Å². The van der Waals surface area contributed by atoms with Crippen molar-refractivity contribution < 1.29 is 22.9 Å².